The third-order valence-corrected chi connectivity index (χ3v) is 4.45. The molecular formula is C16H22N4O3. The highest BCUT2D eigenvalue weighted by atomic mass is 16.4. The number of likely N-dealkylation sites (tertiary alicyclic amines) is 1. The van der Waals surface area contributed by atoms with E-state index in [1.165, 1.54) is 12.5 Å². The maximum Gasteiger partial charge on any atom is 0.354 e. The Morgan fingerprint density at radius 1 is 0.913 bits per heavy atom. The van der Waals surface area contributed by atoms with Crippen molar-refractivity contribution in [1.82, 2.24) is 14.8 Å². The second-order valence-electron chi connectivity index (χ2n) is 5.99. The van der Waals surface area contributed by atoms with E-state index in [-0.39, 0.29) is 11.7 Å². The van der Waals surface area contributed by atoms with Crippen LogP contribution in [0.5, 0.6) is 0 Å². The van der Waals surface area contributed by atoms with Gasteiger partial charge in [0.15, 0.2) is 5.69 Å². The number of pyridine rings is 1. The number of nitrogens with zero attached hydrogens (tertiary/aromatic N) is 4. The zero-order valence-electron chi connectivity index (χ0n) is 13.1. The van der Waals surface area contributed by atoms with E-state index in [1.54, 1.807) is 6.07 Å². The minimum absolute atomic E-state index is 0.0503. The first-order valence-electron chi connectivity index (χ1n) is 8.14. The third kappa shape index (κ3) is 3.55. The molecular weight excluding hydrogens is 296 g/mol. The molecule has 1 aromatic rings. The Kier molecular flexibility index (Phi) is 4.64. The summed E-state index contributed by atoms with van der Waals surface area (Å²) in [5, 5.41) is 9.03. The lowest BCUT2D eigenvalue weighted by molar-refractivity contribution is 0.0690. The molecule has 0 spiro atoms. The number of aromatic nitrogens is 1. The standard InChI is InChI=1S/C16H22N4O3/c21-15(22)13-5-4-6-14(17-13)18-9-11-20(12-10-18)16(23)19-7-2-1-3-8-19/h4-6H,1-3,7-12H2,(H,21,22). The molecule has 3 heterocycles. The van der Waals surface area contributed by atoms with Crippen molar-refractivity contribution in [3.05, 3.63) is 23.9 Å². The summed E-state index contributed by atoms with van der Waals surface area (Å²) < 4.78 is 0. The van der Waals surface area contributed by atoms with Crippen LogP contribution < -0.4 is 4.90 Å². The highest BCUT2D eigenvalue weighted by Gasteiger charge is 2.26. The number of carboxylic acids is 1. The Hall–Kier alpha value is -2.31. The van der Waals surface area contributed by atoms with Crippen LogP contribution >= 0.6 is 0 Å². The van der Waals surface area contributed by atoms with Gasteiger partial charge in [-0.25, -0.2) is 14.6 Å². The van der Waals surface area contributed by atoms with Crippen LogP contribution in [0.1, 0.15) is 29.8 Å². The van der Waals surface area contributed by atoms with Crippen molar-refractivity contribution < 1.29 is 14.7 Å². The summed E-state index contributed by atoms with van der Waals surface area (Å²) in [6.07, 6.45) is 3.40. The van der Waals surface area contributed by atoms with Gasteiger partial charge >= 0.3 is 12.0 Å². The van der Waals surface area contributed by atoms with E-state index < -0.39 is 5.97 Å². The fourth-order valence-corrected chi connectivity index (χ4v) is 3.13. The number of aromatic carboxylic acids is 1. The molecule has 0 aromatic carbocycles. The number of carbonyl (C=O) groups is 2. The second-order valence-corrected chi connectivity index (χ2v) is 5.99. The van der Waals surface area contributed by atoms with Crippen molar-refractivity contribution >= 4 is 17.8 Å². The molecule has 0 unspecified atom stereocenters. The number of hydrogen-bond acceptors (Lipinski definition) is 4. The molecule has 0 radical (unpaired) electrons. The summed E-state index contributed by atoms with van der Waals surface area (Å²) in [6.45, 7) is 4.37. The van der Waals surface area contributed by atoms with Crippen molar-refractivity contribution in [3.8, 4) is 0 Å². The van der Waals surface area contributed by atoms with E-state index >= 15 is 0 Å². The topological polar surface area (TPSA) is 77.0 Å². The number of piperidine rings is 1. The minimum atomic E-state index is -1.02. The monoisotopic (exact) mass is 318 g/mol. The maximum atomic E-state index is 12.5. The molecule has 2 aliphatic heterocycles. The third-order valence-electron chi connectivity index (χ3n) is 4.45. The Balaban J connectivity index is 1.58. The van der Waals surface area contributed by atoms with Gasteiger partial charge in [-0.15, -0.1) is 0 Å². The van der Waals surface area contributed by atoms with Crippen molar-refractivity contribution in [1.29, 1.82) is 0 Å². The van der Waals surface area contributed by atoms with E-state index in [1.807, 2.05) is 20.8 Å². The normalized spacial score (nSPS) is 18.9. The summed E-state index contributed by atoms with van der Waals surface area (Å²) in [7, 11) is 0. The number of anilines is 1. The minimum Gasteiger partial charge on any atom is -0.477 e. The van der Waals surface area contributed by atoms with Gasteiger partial charge in [0.2, 0.25) is 0 Å². The highest BCUT2D eigenvalue weighted by Crippen LogP contribution is 2.17. The van der Waals surface area contributed by atoms with Gasteiger partial charge in [0.05, 0.1) is 0 Å². The zero-order valence-corrected chi connectivity index (χ0v) is 13.1. The molecule has 2 saturated heterocycles. The number of piperazine rings is 1. The number of urea groups is 1. The average molecular weight is 318 g/mol. The van der Waals surface area contributed by atoms with E-state index in [9.17, 15) is 9.59 Å². The fourth-order valence-electron chi connectivity index (χ4n) is 3.13. The van der Waals surface area contributed by atoms with Crippen molar-refractivity contribution in [3.63, 3.8) is 0 Å². The van der Waals surface area contributed by atoms with Crippen molar-refractivity contribution in [2.75, 3.05) is 44.2 Å². The van der Waals surface area contributed by atoms with Gasteiger partial charge in [0, 0.05) is 39.3 Å². The lowest BCUT2D eigenvalue weighted by Gasteiger charge is -2.39. The summed E-state index contributed by atoms with van der Waals surface area (Å²) >= 11 is 0. The van der Waals surface area contributed by atoms with Crippen LogP contribution in [0, 0.1) is 0 Å². The lowest BCUT2D eigenvalue weighted by atomic mass is 10.1. The largest absolute Gasteiger partial charge is 0.477 e. The first-order chi connectivity index (χ1) is 11.1. The van der Waals surface area contributed by atoms with Crippen LogP contribution in [0.2, 0.25) is 0 Å². The maximum absolute atomic E-state index is 12.5. The van der Waals surface area contributed by atoms with Crippen molar-refractivity contribution in [2.45, 2.75) is 19.3 Å². The summed E-state index contributed by atoms with van der Waals surface area (Å²) in [5.41, 5.74) is 0.0503. The Morgan fingerprint density at radius 3 is 2.22 bits per heavy atom. The Morgan fingerprint density at radius 2 is 1.57 bits per heavy atom. The number of carboxylic acid groups (broad SMARTS) is 1. The smallest absolute Gasteiger partial charge is 0.354 e. The second kappa shape index (κ2) is 6.85. The quantitative estimate of drug-likeness (QED) is 0.894. The number of carbonyl (C=O) groups excluding carboxylic acids is 1. The van der Waals surface area contributed by atoms with Gasteiger partial charge in [-0.05, 0) is 31.4 Å². The van der Waals surface area contributed by atoms with Crippen LogP contribution in [-0.4, -0.2) is 71.2 Å². The Bertz CT molecular complexity index is 578. The van der Waals surface area contributed by atoms with E-state index in [4.69, 9.17) is 5.11 Å². The summed E-state index contributed by atoms with van der Waals surface area (Å²) in [6, 6.07) is 5.14. The van der Waals surface area contributed by atoms with Crippen LogP contribution in [-0.2, 0) is 0 Å². The molecule has 1 N–H and O–H groups in total. The predicted octanol–water partition coefficient (Wildman–Crippen LogP) is 1.51. The molecule has 3 rings (SSSR count). The molecule has 23 heavy (non-hydrogen) atoms. The predicted molar refractivity (Wildman–Crippen MR) is 85.8 cm³/mol. The lowest BCUT2D eigenvalue weighted by Crippen LogP contribution is -2.53. The van der Waals surface area contributed by atoms with E-state index in [0.717, 1.165) is 25.9 Å². The van der Waals surface area contributed by atoms with Gasteiger partial charge in [-0.2, -0.15) is 0 Å². The molecule has 7 heteroatoms. The molecule has 0 aliphatic carbocycles. The highest BCUT2D eigenvalue weighted by molar-refractivity contribution is 5.85. The fraction of sp³-hybridized carbons (Fsp3) is 0.562. The van der Waals surface area contributed by atoms with Crippen molar-refractivity contribution in [2.24, 2.45) is 0 Å². The Labute approximate surface area is 135 Å². The molecule has 0 bridgehead atoms. The molecule has 2 fully saturated rings. The summed E-state index contributed by atoms with van der Waals surface area (Å²) in [5.74, 6) is -0.360. The molecule has 2 amide bonds. The van der Waals surface area contributed by atoms with Gasteiger partial charge in [0.1, 0.15) is 5.82 Å². The van der Waals surface area contributed by atoms with Crippen LogP contribution in [0.3, 0.4) is 0 Å². The average Bonchev–Trinajstić information content (AvgIpc) is 2.62. The first kappa shape index (κ1) is 15.6. The van der Waals surface area contributed by atoms with Gasteiger partial charge in [-0.3, -0.25) is 0 Å². The first-order valence-corrected chi connectivity index (χ1v) is 8.14. The number of amides is 2. The van der Waals surface area contributed by atoms with Gasteiger partial charge < -0.3 is 19.8 Å². The summed E-state index contributed by atoms with van der Waals surface area (Å²) in [4.78, 5) is 33.5. The van der Waals surface area contributed by atoms with Crippen LogP contribution in [0.15, 0.2) is 18.2 Å². The zero-order chi connectivity index (χ0) is 16.2. The van der Waals surface area contributed by atoms with Crippen LogP contribution in [0.4, 0.5) is 10.6 Å². The number of rotatable bonds is 2. The number of hydrogen-bond donors (Lipinski definition) is 1. The van der Waals surface area contributed by atoms with Gasteiger partial charge in [0.25, 0.3) is 0 Å². The van der Waals surface area contributed by atoms with E-state index in [0.29, 0.717) is 32.0 Å². The molecule has 1 aromatic heterocycles. The molecule has 0 atom stereocenters. The molecule has 2 aliphatic rings. The van der Waals surface area contributed by atoms with Crippen LogP contribution in [0.25, 0.3) is 0 Å². The molecule has 7 nitrogen and oxygen atoms in total. The van der Waals surface area contributed by atoms with Gasteiger partial charge in [-0.1, -0.05) is 6.07 Å². The molecule has 124 valence electrons. The SMILES string of the molecule is O=C(O)c1cccc(N2CCN(C(=O)N3CCCCC3)CC2)n1. The molecule has 0 saturated carbocycles. The van der Waals surface area contributed by atoms with E-state index in [2.05, 4.69) is 4.98 Å².